The summed E-state index contributed by atoms with van der Waals surface area (Å²) in [4.78, 5) is 14.9. The van der Waals surface area contributed by atoms with Crippen molar-refractivity contribution < 1.29 is 14.3 Å². The molecule has 0 bridgehead atoms. The molecule has 0 aliphatic carbocycles. The highest BCUT2D eigenvalue weighted by Gasteiger charge is 2.34. The van der Waals surface area contributed by atoms with Crippen molar-refractivity contribution >= 4 is 11.6 Å². The van der Waals surface area contributed by atoms with Crippen LogP contribution >= 0.6 is 0 Å². The molecule has 1 aromatic heterocycles. The summed E-state index contributed by atoms with van der Waals surface area (Å²) < 4.78 is 11.3. The van der Waals surface area contributed by atoms with Crippen LogP contribution in [0.4, 0.5) is 5.69 Å². The van der Waals surface area contributed by atoms with Crippen molar-refractivity contribution in [3.63, 3.8) is 0 Å². The summed E-state index contributed by atoms with van der Waals surface area (Å²) in [6, 6.07) is 13.3. The van der Waals surface area contributed by atoms with Gasteiger partial charge in [-0.1, -0.05) is 18.2 Å². The lowest BCUT2D eigenvalue weighted by Gasteiger charge is -2.37. The maximum absolute atomic E-state index is 13.1. The van der Waals surface area contributed by atoms with Gasteiger partial charge in [0.1, 0.15) is 19.4 Å². The zero-order valence-corrected chi connectivity index (χ0v) is 15.7. The molecule has 2 aliphatic rings. The monoisotopic (exact) mass is 388 g/mol. The molecule has 2 aromatic carbocycles. The molecule has 1 amide bonds. The van der Waals surface area contributed by atoms with Gasteiger partial charge in [0.2, 0.25) is 0 Å². The molecule has 2 N–H and O–H groups in total. The van der Waals surface area contributed by atoms with Gasteiger partial charge in [-0.15, -0.1) is 6.58 Å². The van der Waals surface area contributed by atoms with Crippen LogP contribution in [-0.4, -0.2) is 40.8 Å². The van der Waals surface area contributed by atoms with E-state index in [0.717, 1.165) is 28.3 Å². The van der Waals surface area contributed by atoms with Gasteiger partial charge >= 0.3 is 0 Å². The minimum absolute atomic E-state index is 0.0430. The number of H-pyrrole nitrogens is 1. The smallest absolute Gasteiger partial charge is 0.258 e. The van der Waals surface area contributed by atoms with Crippen LogP contribution in [0.25, 0.3) is 11.3 Å². The van der Waals surface area contributed by atoms with Gasteiger partial charge in [-0.25, -0.2) is 0 Å². The standard InChI is InChI=1S/C22H20N4O3/c1-2-9-26-21(24-17-6-4-3-5-15(17)22(26)27)16-13-23-25-20(16)14-7-8-18-19(12-14)29-11-10-28-18/h2-8,12-13,21,24H,1,9-11H2,(H,23,25). The number of nitrogens with zero attached hydrogens (tertiary/aromatic N) is 2. The van der Waals surface area contributed by atoms with Crippen LogP contribution in [-0.2, 0) is 0 Å². The molecule has 0 spiro atoms. The number of fused-ring (bicyclic) bond motifs is 2. The van der Waals surface area contributed by atoms with Crippen molar-refractivity contribution in [2.75, 3.05) is 25.1 Å². The predicted octanol–water partition coefficient (Wildman–Crippen LogP) is 3.60. The molecule has 146 valence electrons. The van der Waals surface area contributed by atoms with Crippen molar-refractivity contribution in [3.05, 3.63) is 72.4 Å². The first kappa shape index (κ1) is 17.4. The van der Waals surface area contributed by atoms with Crippen LogP contribution in [0.2, 0.25) is 0 Å². The summed E-state index contributed by atoms with van der Waals surface area (Å²) in [6.07, 6.45) is 3.10. The van der Waals surface area contributed by atoms with Crippen molar-refractivity contribution in [1.82, 2.24) is 15.1 Å². The minimum Gasteiger partial charge on any atom is -0.486 e. The van der Waals surface area contributed by atoms with Gasteiger partial charge in [-0.3, -0.25) is 9.89 Å². The quantitative estimate of drug-likeness (QED) is 0.668. The molecule has 0 radical (unpaired) electrons. The van der Waals surface area contributed by atoms with Gasteiger partial charge in [0.05, 0.1) is 17.5 Å². The van der Waals surface area contributed by atoms with Crippen molar-refractivity contribution in [1.29, 1.82) is 0 Å². The second kappa shape index (κ2) is 7.01. The Morgan fingerprint density at radius 3 is 2.86 bits per heavy atom. The molecule has 0 fully saturated rings. The lowest BCUT2D eigenvalue weighted by Crippen LogP contribution is -2.43. The number of benzene rings is 2. The Kier molecular flexibility index (Phi) is 4.20. The number of aromatic nitrogens is 2. The topological polar surface area (TPSA) is 79.5 Å². The van der Waals surface area contributed by atoms with Crippen LogP contribution in [0.5, 0.6) is 11.5 Å². The molecule has 5 rings (SSSR count). The number of hydrogen-bond donors (Lipinski definition) is 2. The van der Waals surface area contributed by atoms with Gasteiger partial charge < -0.3 is 19.7 Å². The van der Waals surface area contributed by atoms with E-state index in [0.29, 0.717) is 31.1 Å². The molecular weight excluding hydrogens is 368 g/mol. The summed E-state index contributed by atoms with van der Waals surface area (Å²) in [7, 11) is 0. The summed E-state index contributed by atoms with van der Waals surface area (Å²) in [5.41, 5.74) is 4.05. The molecule has 7 nitrogen and oxygen atoms in total. The highest BCUT2D eigenvalue weighted by molar-refractivity contribution is 6.02. The predicted molar refractivity (Wildman–Crippen MR) is 109 cm³/mol. The maximum Gasteiger partial charge on any atom is 0.258 e. The van der Waals surface area contributed by atoms with E-state index < -0.39 is 0 Å². The fraction of sp³-hybridized carbons (Fsp3) is 0.182. The van der Waals surface area contributed by atoms with Gasteiger partial charge in [0.15, 0.2) is 11.5 Å². The highest BCUT2D eigenvalue weighted by atomic mass is 16.6. The zero-order chi connectivity index (χ0) is 19.8. The molecule has 0 saturated heterocycles. The Balaban J connectivity index is 1.57. The number of nitrogens with one attached hydrogen (secondary N) is 2. The molecule has 0 saturated carbocycles. The Labute approximate surface area is 167 Å². The van der Waals surface area contributed by atoms with E-state index in [2.05, 4.69) is 22.1 Å². The lowest BCUT2D eigenvalue weighted by molar-refractivity contribution is 0.0708. The molecule has 29 heavy (non-hydrogen) atoms. The normalized spacial score (nSPS) is 17.4. The zero-order valence-electron chi connectivity index (χ0n) is 15.7. The van der Waals surface area contributed by atoms with Crippen LogP contribution in [0.15, 0.2) is 61.3 Å². The van der Waals surface area contributed by atoms with Crippen molar-refractivity contribution in [2.24, 2.45) is 0 Å². The average molecular weight is 388 g/mol. The molecule has 1 unspecified atom stereocenters. The third kappa shape index (κ3) is 2.91. The van der Waals surface area contributed by atoms with Gasteiger partial charge in [-0.2, -0.15) is 5.10 Å². The van der Waals surface area contributed by atoms with Crippen LogP contribution in [0, 0.1) is 0 Å². The first-order chi connectivity index (χ1) is 14.3. The second-order valence-corrected chi connectivity index (χ2v) is 6.90. The highest BCUT2D eigenvalue weighted by Crippen LogP contribution is 2.39. The lowest BCUT2D eigenvalue weighted by atomic mass is 10.0. The number of aromatic amines is 1. The molecule has 3 heterocycles. The number of anilines is 1. The third-order valence-corrected chi connectivity index (χ3v) is 5.14. The third-order valence-electron chi connectivity index (χ3n) is 5.14. The Morgan fingerprint density at radius 1 is 1.17 bits per heavy atom. The SMILES string of the molecule is C=CCN1C(=O)c2ccccc2NC1c1cn[nH]c1-c1ccc2c(c1)OCCO2. The number of amides is 1. The van der Waals surface area contributed by atoms with Crippen LogP contribution < -0.4 is 14.8 Å². The first-order valence-electron chi connectivity index (χ1n) is 9.47. The van der Waals surface area contributed by atoms with E-state index in [1.54, 1.807) is 17.2 Å². The van der Waals surface area contributed by atoms with Gasteiger partial charge in [0, 0.05) is 23.4 Å². The Bertz CT molecular complexity index is 1090. The fourth-order valence-corrected chi connectivity index (χ4v) is 3.80. The number of ether oxygens (including phenoxy) is 2. The van der Waals surface area contributed by atoms with E-state index in [1.807, 2.05) is 42.5 Å². The summed E-state index contributed by atoms with van der Waals surface area (Å²) in [5, 5.41) is 10.8. The van der Waals surface area contributed by atoms with Gasteiger partial charge in [-0.05, 0) is 30.3 Å². The Hall–Kier alpha value is -3.74. The minimum atomic E-state index is -0.377. The van der Waals surface area contributed by atoms with Crippen LogP contribution in [0.3, 0.4) is 0 Å². The summed E-state index contributed by atoms with van der Waals surface area (Å²) in [5.74, 6) is 1.39. The van der Waals surface area contributed by atoms with E-state index in [1.165, 1.54) is 0 Å². The molecule has 2 aliphatic heterocycles. The largest absolute Gasteiger partial charge is 0.486 e. The molecule has 7 heteroatoms. The van der Waals surface area contributed by atoms with Crippen LogP contribution in [0.1, 0.15) is 22.1 Å². The van der Waals surface area contributed by atoms with E-state index in [-0.39, 0.29) is 12.1 Å². The van der Waals surface area contributed by atoms with E-state index >= 15 is 0 Å². The first-order valence-corrected chi connectivity index (χ1v) is 9.47. The number of hydrogen-bond acceptors (Lipinski definition) is 5. The number of rotatable bonds is 4. The van der Waals surface area contributed by atoms with Crippen molar-refractivity contribution in [3.8, 4) is 22.8 Å². The van der Waals surface area contributed by atoms with Crippen molar-refractivity contribution in [2.45, 2.75) is 6.17 Å². The fourth-order valence-electron chi connectivity index (χ4n) is 3.80. The number of carbonyl (C=O) groups excluding carboxylic acids is 1. The Morgan fingerprint density at radius 2 is 2.00 bits per heavy atom. The molecule has 3 aromatic rings. The molecular formula is C22H20N4O3. The van der Waals surface area contributed by atoms with Gasteiger partial charge in [0.25, 0.3) is 5.91 Å². The van der Waals surface area contributed by atoms with E-state index in [9.17, 15) is 4.79 Å². The summed E-state index contributed by atoms with van der Waals surface area (Å²) >= 11 is 0. The molecule has 1 atom stereocenters. The number of carbonyl (C=O) groups is 1. The second-order valence-electron chi connectivity index (χ2n) is 6.90. The van der Waals surface area contributed by atoms with E-state index in [4.69, 9.17) is 9.47 Å². The average Bonchev–Trinajstić information content (AvgIpc) is 3.25. The summed E-state index contributed by atoms with van der Waals surface area (Å²) in [6.45, 7) is 5.30. The maximum atomic E-state index is 13.1. The number of para-hydroxylation sites is 1.